The summed E-state index contributed by atoms with van der Waals surface area (Å²) in [4.78, 5) is 12.3. The van der Waals surface area contributed by atoms with Crippen molar-refractivity contribution in [3.8, 4) is 11.8 Å². The highest BCUT2D eigenvalue weighted by atomic mass is 32.1. The van der Waals surface area contributed by atoms with Crippen molar-refractivity contribution >= 4 is 23.3 Å². The second-order valence-corrected chi connectivity index (χ2v) is 5.59. The van der Waals surface area contributed by atoms with E-state index in [2.05, 4.69) is 10.6 Å². The van der Waals surface area contributed by atoms with Gasteiger partial charge in [-0.25, -0.2) is 4.79 Å². The fraction of sp³-hybridized carbons (Fsp3) is 0.353. The summed E-state index contributed by atoms with van der Waals surface area (Å²) in [5.41, 5.74) is 2.17. The van der Waals surface area contributed by atoms with Gasteiger partial charge in [-0.2, -0.15) is 5.26 Å². The number of carbonyl (C=O) groups excluding carboxylic acids is 1. The number of ether oxygens (including phenoxy) is 2. The van der Waals surface area contributed by atoms with Gasteiger partial charge in [0.15, 0.2) is 11.7 Å². The van der Waals surface area contributed by atoms with E-state index in [4.69, 9.17) is 27.0 Å². The van der Waals surface area contributed by atoms with Crippen molar-refractivity contribution in [2.75, 3.05) is 13.7 Å². The van der Waals surface area contributed by atoms with Crippen LogP contribution in [0.4, 0.5) is 0 Å². The zero-order valence-corrected chi connectivity index (χ0v) is 14.4. The first kappa shape index (κ1) is 17.8. The molecule has 0 radical (unpaired) electrons. The minimum atomic E-state index is -0.393. The second-order valence-electron chi connectivity index (χ2n) is 5.18. The number of thiocarbonyl (C=S) groups is 1. The monoisotopic (exact) mass is 345 g/mol. The van der Waals surface area contributed by atoms with Gasteiger partial charge >= 0.3 is 5.97 Å². The smallest absolute Gasteiger partial charge is 0.337 e. The molecule has 1 aromatic rings. The van der Waals surface area contributed by atoms with Crippen molar-refractivity contribution in [1.29, 1.82) is 5.26 Å². The van der Waals surface area contributed by atoms with Crippen LogP contribution in [0.15, 0.2) is 35.5 Å². The maximum atomic E-state index is 12.3. The Morgan fingerprint density at radius 1 is 1.38 bits per heavy atom. The van der Waals surface area contributed by atoms with Crippen molar-refractivity contribution in [2.24, 2.45) is 0 Å². The standard InChI is InChI=1S/C17H19N3O3S/c1-3-4-13-14(16(21)22-2)15(20-17(24)19-13)11-5-7-12(8-6-11)23-10-9-18/h5-8,15H,3-4,10H2,1-2H3,(H2,19,20,24)/t15-/m0/s1. The van der Waals surface area contributed by atoms with Crippen LogP contribution in [0.3, 0.4) is 0 Å². The van der Waals surface area contributed by atoms with Gasteiger partial charge in [-0.15, -0.1) is 0 Å². The normalized spacial score (nSPS) is 16.7. The first-order chi connectivity index (χ1) is 11.6. The molecule has 1 heterocycles. The van der Waals surface area contributed by atoms with Crippen LogP contribution >= 0.6 is 12.2 Å². The number of rotatable bonds is 6. The molecular weight excluding hydrogens is 326 g/mol. The highest BCUT2D eigenvalue weighted by Gasteiger charge is 2.31. The number of hydrogen-bond donors (Lipinski definition) is 2. The molecule has 0 amide bonds. The van der Waals surface area contributed by atoms with Gasteiger partial charge in [-0.3, -0.25) is 0 Å². The number of hydrogen-bond acceptors (Lipinski definition) is 5. The lowest BCUT2D eigenvalue weighted by Crippen LogP contribution is -2.45. The molecule has 0 aromatic heterocycles. The first-order valence-electron chi connectivity index (χ1n) is 7.59. The molecule has 0 fully saturated rings. The topological polar surface area (TPSA) is 83.4 Å². The molecule has 126 valence electrons. The molecule has 0 unspecified atom stereocenters. The van der Waals surface area contributed by atoms with Gasteiger partial charge in [0.25, 0.3) is 0 Å². The molecule has 0 aliphatic carbocycles. The minimum absolute atomic E-state index is 0.0109. The Balaban J connectivity index is 2.37. The van der Waals surface area contributed by atoms with Gasteiger partial charge in [-0.05, 0) is 36.3 Å². The molecule has 2 N–H and O–H groups in total. The molecule has 7 heteroatoms. The number of nitrogens with one attached hydrogen (secondary N) is 2. The van der Waals surface area contributed by atoms with Crippen LogP contribution < -0.4 is 15.4 Å². The van der Waals surface area contributed by atoms with Gasteiger partial charge < -0.3 is 20.1 Å². The fourth-order valence-electron chi connectivity index (χ4n) is 2.54. The molecule has 6 nitrogen and oxygen atoms in total. The molecule has 1 aliphatic heterocycles. The molecule has 0 saturated heterocycles. The summed E-state index contributed by atoms with van der Waals surface area (Å²) in [6.45, 7) is 2.02. The van der Waals surface area contributed by atoms with Crippen LogP contribution in [0, 0.1) is 11.3 Å². The fourth-order valence-corrected chi connectivity index (χ4v) is 2.78. The van der Waals surface area contributed by atoms with E-state index in [1.54, 1.807) is 12.1 Å². The van der Waals surface area contributed by atoms with Crippen LogP contribution in [0.5, 0.6) is 5.75 Å². The lowest BCUT2D eigenvalue weighted by Gasteiger charge is -2.31. The van der Waals surface area contributed by atoms with E-state index in [0.29, 0.717) is 22.9 Å². The lowest BCUT2D eigenvalue weighted by atomic mass is 9.94. The zero-order valence-electron chi connectivity index (χ0n) is 13.6. The van der Waals surface area contributed by atoms with Crippen LogP contribution in [-0.4, -0.2) is 24.8 Å². The number of nitriles is 1. The van der Waals surface area contributed by atoms with Crippen molar-refractivity contribution in [3.05, 3.63) is 41.1 Å². The van der Waals surface area contributed by atoms with E-state index in [1.165, 1.54) is 7.11 Å². The van der Waals surface area contributed by atoms with E-state index in [0.717, 1.165) is 17.7 Å². The Morgan fingerprint density at radius 2 is 2.08 bits per heavy atom. The van der Waals surface area contributed by atoms with Gasteiger partial charge in [0.05, 0.1) is 18.7 Å². The van der Waals surface area contributed by atoms with Gasteiger partial charge in [0, 0.05) is 5.70 Å². The Kier molecular flexibility index (Phi) is 6.15. The number of carbonyl (C=O) groups is 1. The average molecular weight is 345 g/mol. The molecule has 1 atom stereocenters. The van der Waals surface area contributed by atoms with Crippen molar-refractivity contribution < 1.29 is 14.3 Å². The van der Waals surface area contributed by atoms with E-state index in [9.17, 15) is 4.79 Å². The summed E-state index contributed by atoms with van der Waals surface area (Å²) in [5, 5.41) is 15.2. The van der Waals surface area contributed by atoms with Crippen LogP contribution in [0.2, 0.25) is 0 Å². The molecule has 0 spiro atoms. The van der Waals surface area contributed by atoms with Gasteiger partial charge in [-0.1, -0.05) is 25.5 Å². The maximum absolute atomic E-state index is 12.3. The summed E-state index contributed by atoms with van der Waals surface area (Å²) >= 11 is 5.26. The molecular formula is C17H19N3O3S. The lowest BCUT2D eigenvalue weighted by molar-refractivity contribution is -0.136. The first-order valence-corrected chi connectivity index (χ1v) is 8.00. The Labute approximate surface area is 146 Å². The average Bonchev–Trinajstić information content (AvgIpc) is 2.59. The molecule has 2 rings (SSSR count). The summed E-state index contributed by atoms with van der Waals surface area (Å²) in [6.07, 6.45) is 1.57. The molecule has 0 saturated carbocycles. The van der Waals surface area contributed by atoms with Gasteiger partial charge in [0.2, 0.25) is 0 Å². The highest BCUT2D eigenvalue weighted by Crippen LogP contribution is 2.30. The predicted octanol–water partition coefficient (Wildman–Crippen LogP) is 2.33. The maximum Gasteiger partial charge on any atom is 0.337 e. The SMILES string of the molecule is CCCC1=C(C(=O)OC)[C@H](c2ccc(OCC#N)cc2)NC(=S)N1. The largest absolute Gasteiger partial charge is 0.479 e. The van der Waals surface area contributed by atoms with Crippen molar-refractivity contribution in [3.63, 3.8) is 0 Å². The van der Waals surface area contributed by atoms with Crippen LogP contribution in [0.1, 0.15) is 31.4 Å². The Morgan fingerprint density at radius 3 is 2.67 bits per heavy atom. The molecule has 0 bridgehead atoms. The Bertz CT molecular complexity index is 692. The van der Waals surface area contributed by atoms with Crippen molar-refractivity contribution in [2.45, 2.75) is 25.8 Å². The molecule has 1 aromatic carbocycles. The third kappa shape index (κ3) is 4.03. The number of nitrogens with zero attached hydrogens (tertiary/aromatic N) is 1. The van der Waals surface area contributed by atoms with E-state index in [-0.39, 0.29) is 6.61 Å². The quantitative estimate of drug-likeness (QED) is 0.605. The number of methoxy groups -OCH3 is 1. The number of benzene rings is 1. The van der Waals surface area contributed by atoms with E-state index < -0.39 is 12.0 Å². The van der Waals surface area contributed by atoms with E-state index >= 15 is 0 Å². The number of esters is 1. The summed E-state index contributed by atoms with van der Waals surface area (Å²) in [6, 6.07) is 8.72. The minimum Gasteiger partial charge on any atom is -0.479 e. The Hall–Kier alpha value is -2.59. The molecule has 24 heavy (non-hydrogen) atoms. The van der Waals surface area contributed by atoms with Crippen LogP contribution in [-0.2, 0) is 9.53 Å². The third-order valence-corrected chi connectivity index (χ3v) is 3.80. The summed E-state index contributed by atoms with van der Waals surface area (Å²) in [5.74, 6) is 0.199. The van der Waals surface area contributed by atoms with E-state index in [1.807, 2.05) is 25.1 Å². The second kappa shape index (κ2) is 8.31. The predicted molar refractivity (Wildman–Crippen MR) is 93.1 cm³/mol. The zero-order chi connectivity index (χ0) is 17.5. The highest BCUT2D eigenvalue weighted by molar-refractivity contribution is 7.80. The summed E-state index contributed by atoms with van der Waals surface area (Å²) in [7, 11) is 1.36. The van der Waals surface area contributed by atoms with Gasteiger partial charge in [0.1, 0.15) is 11.8 Å². The van der Waals surface area contributed by atoms with Crippen molar-refractivity contribution in [1.82, 2.24) is 10.6 Å². The molecule has 1 aliphatic rings. The summed E-state index contributed by atoms with van der Waals surface area (Å²) < 4.78 is 10.2. The van der Waals surface area contributed by atoms with Crippen LogP contribution in [0.25, 0.3) is 0 Å². The third-order valence-electron chi connectivity index (χ3n) is 3.58. The number of allylic oxidation sites excluding steroid dienone is 1.